The maximum Gasteiger partial charge on any atom is 0.333 e. The van der Waals surface area contributed by atoms with Crippen LogP contribution in [0.4, 0.5) is 0 Å². The predicted octanol–water partition coefficient (Wildman–Crippen LogP) is 1.76. The molecule has 0 saturated heterocycles. The van der Waals surface area contributed by atoms with Gasteiger partial charge in [-0.05, 0) is 49.9 Å². The van der Waals surface area contributed by atoms with E-state index in [4.69, 9.17) is 4.74 Å². The van der Waals surface area contributed by atoms with Crippen molar-refractivity contribution in [2.24, 2.45) is 23.7 Å². The summed E-state index contributed by atoms with van der Waals surface area (Å²) in [7, 11) is 0. The number of carbonyl (C=O) groups excluding carboxylic acids is 1. The van der Waals surface area contributed by atoms with Crippen LogP contribution in [0.1, 0.15) is 26.2 Å². The highest BCUT2D eigenvalue weighted by molar-refractivity contribution is 5.86. The smallest absolute Gasteiger partial charge is 0.333 e. The second kappa shape index (κ2) is 4.58. The van der Waals surface area contributed by atoms with Crippen molar-refractivity contribution in [3.05, 3.63) is 12.2 Å². The Hall–Kier alpha value is -0.830. The van der Waals surface area contributed by atoms with Gasteiger partial charge in [-0.3, -0.25) is 0 Å². The Morgan fingerprint density at radius 3 is 2.62 bits per heavy atom. The van der Waals surface area contributed by atoms with Gasteiger partial charge in [-0.1, -0.05) is 6.58 Å². The number of aliphatic hydroxyl groups is 1. The molecule has 0 aromatic rings. The molecule has 2 fully saturated rings. The molecule has 0 amide bonds. The summed E-state index contributed by atoms with van der Waals surface area (Å²) >= 11 is 0. The van der Waals surface area contributed by atoms with Gasteiger partial charge in [-0.15, -0.1) is 0 Å². The van der Waals surface area contributed by atoms with Gasteiger partial charge in [0.15, 0.2) is 0 Å². The lowest BCUT2D eigenvalue weighted by atomic mass is 9.81. The zero-order chi connectivity index (χ0) is 11.7. The van der Waals surface area contributed by atoms with Crippen molar-refractivity contribution in [2.75, 3.05) is 13.2 Å². The molecule has 2 saturated carbocycles. The Balaban J connectivity index is 1.83. The molecule has 0 spiro atoms. The van der Waals surface area contributed by atoms with E-state index in [0.717, 1.165) is 18.8 Å². The standard InChI is InChI=1S/C13H20O3/c1-8(2)13(15)16-7-11-4-9-3-10(6-14)12(11)5-9/h9-12,14H,1,3-7H2,2H3. The topological polar surface area (TPSA) is 46.5 Å². The Bertz CT molecular complexity index is 298. The molecule has 0 radical (unpaired) electrons. The maximum atomic E-state index is 11.3. The molecule has 0 aromatic carbocycles. The number of hydrogen-bond acceptors (Lipinski definition) is 3. The first-order valence-corrected chi connectivity index (χ1v) is 6.05. The van der Waals surface area contributed by atoms with Gasteiger partial charge in [0.1, 0.15) is 0 Å². The molecule has 16 heavy (non-hydrogen) atoms. The number of carbonyl (C=O) groups is 1. The van der Waals surface area contributed by atoms with Gasteiger partial charge in [0.05, 0.1) is 6.61 Å². The van der Waals surface area contributed by atoms with E-state index in [2.05, 4.69) is 6.58 Å². The Kier molecular flexibility index (Phi) is 3.33. The van der Waals surface area contributed by atoms with E-state index in [-0.39, 0.29) is 12.6 Å². The summed E-state index contributed by atoms with van der Waals surface area (Å²) in [4.78, 5) is 11.3. The largest absolute Gasteiger partial charge is 0.462 e. The first-order chi connectivity index (χ1) is 7.61. The maximum absolute atomic E-state index is 11.3. The minimum absolute atomic E-state index is 0.284. The third-order valence-corrected chi connectivity index (χ3v) is 4.10. The van der Waals surface area contributed by atoms with Crippen LogP contribution in [0.5, 0.6) is 0 Å². The van der Waals surface area contributed by atoms with Crippen LogP contribution in [-0.2, 0) is 9.53 Å². The number of ether oxygens (including phenoxy) is 1. The molecule has 1 N–H and O–H groups in total. The number of hydrogen-bond donors (Lipinski definition) is 1. The third-order valence-electron chi connectivity index (χ3n) is 4.10. The van der Waals surface area contributed by atoms with E-state index in [9.17, 15) is 9.90 Å². The van der Waals surface area contributed by atoms with Crippen LogP contribution in [0.15, 0.2) is 12.2 Å². The van der Waals surface area contributed by atoms with Crippen molar-refractivity contribution in [3.8, 4) is 0 Å². The van der Waals surface area contributed by atoms with Crippen LogP contribution in [0.3, 0.4) is 0 Å². The average Bonchev–Trinajstić information content (AvgIpc) is 2.84. The van der Waals surface area contributed by atoms with Crippen molar-refractivity contribution in [1.82, 2.24) is 0 Å². The van der Waals surface area contributed by atoms with E-state index in [1.165, 1.54) is 6.42 Å². The normalized spacial score (nSPS) is 36.4. The first kappa shape index (κ1) is 11.6. The summed E-state index contributed by atoms with van der Waals surface area (Å²) in [6, 6.07) is 0. The van der Waals surface area contributed by atoms with E-state index in [1.54, 1.807) is 6.92 Å². The van der Waals surface area contributed by atoms with E-state index in [0.29, 0.717) is 29.9 Å². The van der Waals surface area contributed by atoms with Gasteiger partial charge in [0.2, 0.25) is 0 Å². The summed E-state index contributed by atoms with van der Waals surface area (Å²) in [6.45, 7) is 6.02. The Labute approximate surface area is 96.5 Å². The molecular formula is C13H20O3. The van der Waals surface area contributed by atoms with E-state index >= 15 is 0 Å². The van der Waals surface area contributed by atoms with Crippen molar-refractivity contribution in [1.29, 1.82) is 0 Å². The molecule has 2 bridgehead atoms. The third kappa shape index (κ3) is 2.14. The number of rotatable bonds is 4. The Morgan fingerprint density at radius 1 is 1.38 bits per heavy atom. The molecule has 3 nitrogen and oxygen atoms in total. The fourth-order valence-corrected chi connectivity index (χ4v) is 3.36. The van der Waals surface area contributed by atoms with Gasteiger partial charge >= 0.3 is 5.97 Å². The van der Waals surface area contributed by atoms with Gasteiger partial charge in [-0.2, -0.15) is 0 Å². The summed E-state index contributed by atoms with van der Waals surface area (Å²) < 4.78 is 5.21. The minimum atomic E-state index is -0.289. The summed E-state index contributed by atoms with van der Waals surface area (Å²) in [6.07, 6.45) is 3.53. The molecule has 0 aromatic heterocycles. The lowest BCUT2D eigenvalue weighted by molar-refractivity contribution is -0.141. The molecule has 90 valence electrons. The lowest BCUT2D eigenvalue weighted by Crippen LogP contribution is -2.27. The highest BCUT2D eigenvalue weighted by Gasteiger charge is 2.45. The highest BCUT2D eigenvalue weighted by atomic mass is 16.5. The van der Waals surface area contributed by atoms with Crippen LogP contribution in [0.2, 0.25) is 0 Å². The van der Waals surface area contributed by atoms with Crippen LogP contribution in [-0.4, -0.2) is 24.3 Å². The number of fused-ring (bicyclic) bond motifs is 2. The summed E-state index contributed by atoms with van der Waals surface area (Å²) in [5.74, 6) is 1.92. The van der Waals surface area contributed by atoms with Gasteiger partial charge in [0.25, 0.3) is 0 Å². The van der Waals surface area contributed by atoms with Crippen molar-refractivity contribution in [2.45, 2.75) is 26.2 Å². The fourth-order valence-electron chi connectivity index (χ4n) is 3.36. The molecule has 3 heteroatoms. The molecule has 4 atom stereocenters. The predicted molar refractivity (Wildman–Crippen MR) is 60.7 cm³/mol. The summed E-state index contributed by atoms with van der Waals surface area (Å²) in [5.41, 5.74) is 0.460. The molecule has 0 aliphatic heterocycles. The highest BCUT2D eigenvalue weighted by Crippen LogP contribution is 2.51. The van der Waals surface area contributed by atoms with Crippen molar-refractivity contribution < 1.29 is 14.6 Å². The van der Waals surface area contributed by atoms with Crippen LogP contribution in [0.25, 0.3) is 0 Å². The molecular weight excluding hydrogens is 204 g/mol. The van der Waals surface area contributed by atoms with Crippen molar-refractivity contribution in [3.63, 3.8) is 0 Å². The minimum Gasteiger partial charge on any atom is -0.462 e. The number of aliphatic hydroxyl groups excluding tert-OH is 1. The zero-order valence-corrected chi connectivity index (χ0v) is 9.82. The molecule has 2 aliphatic rings. The van der Waals surface area contributed by atoms with Gasteiger partial charge < -0.3 is 9.84 Å². The van der Waals surface area contributed by atoms with E-state index < -0.39 is 0 Å². The zero-order valence-electron chi connectivity index (χ0n) is 9.82. The van der Waals surface area contributed by atoms with E-state index in [1.807, 2.05) is 0 Å². The van der Waals surface area contributed by atoms with Gasteiger partial charge in [0, 0.05) is 12.2 Å². The molecule has 2 rings (SSSR count). The van der Waals surface area contributed by atoms with Crippen LogP contribution < -0.4 is 0 Å². The van der Waals surface area contributed by atoms with Gasteiger partial charge in [-0.25, -0.2) is 4.79 Å². The second-order valence-corrected chi connectivity index (χ2v) is 5.32. The quantitative estimate of drug-likeness (QED) is 0.584. The van der Waals surface area contributed by atoms with Crippen LogP contribution in [0, 0.1) is 23.7 Å². The lowest BCUT2D eigenvalue weighted by Gasteiger charge is -2.27. The SMILES string of the molecule is C=C(C)C(=O)OCC1CC2CC(CO)C1C2. The molecule has 0 heterocycles. The monoisotopic (exact) mass is 224 g/mol. The molecule has 2 aliphatic carbocycles. The average molecular weight is 224 g/mol. The fraction of sp³-hybridized carbons (Fsp3) is 0.769. The second-order valence-electron chi connectivity index (χ2n) is 5.32. The first-order valence-electron chi connectivity index (χ1n) is 6.05. The summed E-state index contributed by atoms with van der Waals surface area (Å²) in [5, 5.41) is 9.25. The molecule has 4 unspecified atom stereocenters. The number of esters is 1. The van der Waals surface area contributed by atoms with Crippen molar-refractivity contribution >= 4 is 5.97 Å². The Morgan fingerprint density at radius 2 is 2.06 bits per heavy atom. The van der Waals surface area contributed by atoms with Crippen LogP contribution >= 0.6 is 0 Å².